The van der Waals surface area contributed by atoms with Crippen molar-refractivity contribution >= 4 is 5.78 Å². The number of nitrogens with one attached hydrogen (secondary N) is 1. The van der Waals surface area contributed by atoms with Gasteiger partial charge in [0.1, 0.15) is 0 Å². The summed E-state index contributed by atoms with van der Waals surface area (Å²) in [6.45, 7) is 2.74. The molecule has 2 nitrogen and oxygen atoms in total. The normalized spacial score (nSPS) is 22.5. The lowest BCUT2D eigenvalue weighted by molar-refractivity contribution is -0.119. The molecule has 1 fully saturated rings. The first-order valence-electron chi connectivity index (χ1n) is 4.00. The largest absolute Gasteiger partial charge is 0.307 e. The van der Waals surface area contributed by atoms with E-state index in [4.69, 9.17) is 0 Å². The van der Waals surface area contributed by atoms with Crippen molar-refractivity contribution in [2.45, 2.75) is 32.2 Å². The van der Waals surface area contributed by atoms with Crippen LogP contribution in [0, 0.1) is 11.8 Å². The smallest absolute Gasteiger partial charge is 0.161 e. The molecule has 0 radical (unpaired) electrons. The fraction of sp³-hybridized carbons (Fsp3) is 0.667. The Hall–Kier alpha value is -0.810. The van der Waals surface area contributed by atoms with Crippen LogP contribution in [-0.4, -0.2) is 18.4 Å². The molecule has 1 saturated heterocycles. The van der Waals surface area contributed by atoms with Crippen molar-refractivity contribution < 1.29 is 4.79 Å². The molecule has 11 heavy (non-hydrogen) atoms. The Morgan fingerprint density at radius 2 is 2.55 bits per heavy atom. The highest BCUT2D eigenvalue weighted by molar-refractivity contribution is 5.86. The summed E-state index contributed by atoms with van der Waals surface area (Å²) in [6.07, 6.45) is 2.52. The molecular formula is C9H13NO. The van der Waals surface area contributed by atoms with E-state index in [0.29, 0.717) is 6.42 Å². The Balaban J connectivity index is 2.32. The second-order valence-corrected chi connectivity index (χ2v) is 2.72. The second-order valence-electron chi connectivity index (χ2n) is 2.72. The first kappa shape index (κ1) is 8.29. The SMILES string of the molecule is CC#CCC(=O)[C@@H]1CCCN1. The molecule has 1 N–H and O–H groups in total. The van der Waals surface area contributed by atoms with E-state index in [9.17, 15) is 4.79 Å². The zero-order valence-corrected chi connectivity index (χ0v) is 6.81. The van der Waals surface area contributed by atoms with E-state index >= 15 is 0 Å². The van der Waals surface area contributed by atoms with Gasteiger partial charge in [-0.25, -0.2) is 0 Å². The van der Waals surface area contributed by atoms with Crippen LogP contribution in [-0.2, 0) is 4.79 Å². The zero-order chi connectivity index (χ0) is 8.10. The molecule has 0 saturated carbocycles. The molecule has 1 rings (SSSR count). The van der Waals surface area contributed by atoms with Gasteiger partial charge in [-0.1, -0.05) is 5.92 Å². The average molecular weight is 151 g/mol. The number of rotatable bonds is 2. The lowest BCUT2D eigenvalue weighted by Crippen LogP contribution is -2.30. The van der Waals surface area contributed by atoms with Gasteiger partial charge >= 0.3 is 0 Å². The molecule has 0 spiro atoms. The molecule has 0 bridgehead atoms. The summed E-state index contributed by atoms with van der Waals surface area (Å²) >= 11 is 0. The summed E-state index contributed by atoms with van der Waals surface area (Å²) in [6, 6.07) is 0.0934. The van der Waals surface area contributed by atoms with Crippen LogP contribution >= 0.6 is 0 Å². The summed E-state index contributed by atoms with van der Waals surface area (Å²) < 4.78 is 0. The fourth-order valence-corrected chi connectivity index (χ4v) is 1.26. The van der Waals surface area contributed by atoms with Crippen molar-refractivity contribution in [1.82, 2.24) is 5.32 Å². The first-order valence-corrected chi connectivity index (χ1v) is 4.00. The number of Topliss-reactive ketones (excluding diaryl/α,β-unsaturated/α-hetero) is 1. The van der Waals surface area contributed by atoms with Crippen LogP contribution < -0.4 is 5.32 Å². The summed E-state index contributed by atoms with van der Waals surface area (Å²) in [5, 5.41) is 3.15. The zero-order valence-electron chi connectivity index (χ0n) is 6.81. The van der Waals surface area contributed by atoms with Crippen molar-refractivity contribution in [3.63, 3.8) is 0 Å². The Kier molecular flexibility index (Phi) is 3.13. The summed E-state index contributed by atoms with van der Waals surface area (Å²) in [4.78, 5) is 11.2. The summed E-state index contributed by atoms with van der Waals surface area (Å²) in [7, 11) is 0. The van der Waals surface area contributed by atoms with E-state index in [1.807, 2.05) is 0 Å². The third kappa shape index (κ3) is 2.36. The van der Waals surface area contributed by atoms with Crippen molar-refractivity contribution in [3.05, 3.63) is 0 Å². The van der Waals surface area contributed by atoms with Crippen LogP contribution in [0.2, 0.25) is 0 Å². The molecule has 0 aliphatic carbocycles. The van der Waals surface area contributed by atoms with E-state index in [0.717, 1.165) is 19.4 Å². The number of carbonyl (C=O) groups is 1. The van der Waals surface area contributed by atoms with Gasteiger partial charge in [0.25, 0.3) is 0 Å². The van der Waals surface area contributed by atoms with Gasteiger partial charge in [-0.2, -0.15) is 0 Å². The van der Waals surface area contributed by atoms with E-state index < -0.39 is 0 Å². The highest BCUT2D eigenvalue weighted by atomic mass is 16.1. The van der Waals surface area contributed by atoms with Crippen LogP contribution in [0.1, 0.15) is 26.2 Å². The van der Waals surface area contributed by atoms with Gasteiger partial charge in [-0.15, -0.1) is 5.92 Å². The van der Waals surface area contributed by atoms with Crippen molar-refractivity contribution in [3.8, 4) is 11.8 Å². The van der Waals surface area contributed by atoms with Crippen molar-refractivity contribution in [2.24, 2.45) is 0 Å². The number of ketones is 1. The Morgan fingerprint density at radius 1 is 1.73 bits per heavy atom. The molecule has 1 aliphatic heterocycles. The third-order valence-corrected chi connectivity index (χ3v) is 1.89. The first-order chi connectivity index (χ1) is 5.34. The standard InChI is InChI=1S/C9H13NO/c1-2-3-6-9(11)8-5-4-7-10-8/h8,10H,4-7H2,1H3/t8-/m0/s1. The molecule has 1 atom stereocenters. The molecule has 1 aliphatic rings. The van der Waals surface area contributed by atoms with Crippen LogP contribution in [0.3, 0.4) is 0 Å². The Bertz CT molecular complexity index is 193. The number of hydrogen-bond acceptors (Lipinski definition) is 2. The van der Waals surface area contributed by atoms with Gasteiger partial charge in [-0.3, -0.25) is 4.79 Å². The topological polar surface area (TPSA) is 29.1 Å². The summed E-state index contributed by atoms with van der Waals surface area (Å²) in [5.74, 6) is 5.76. The van der Waals surface area contributed by atoms with E-state index in [2.05, 4.69) is 17.2 Å². The van der Waals surface area contributed by atoms with Crippen molar-refractivity contribution in [1.29, 1.82) is 0 Å². The molecule has 0 unspecified atom stereocenters. The average Bonchev–Trinajstić information content (AvgIpc) is 2.52. The van der Waals surface area contributed by atoms with E-state index in [-0.39, 0.29) is 11.8 Å². The minimum absolute atomic E-state index is 0.0934. The third-order valence-electron chi connectivity index (χ3n) is 1.89. The molecule has 0 aromatic heterocycles. The second kappa shape index (κ2) is 4.15. The Morgan fingerprint density at radius 3 is 3.09 bits per heavy atom. The fourth-order valence-electron chi connectivity index (χ4n) is 1.26. The number of hydrogen-bond donors (Lipinski definition) is 1. The molecule has 0 amide bonds. The highest BCUT2D eigenvalue weighted by Gasteiger charge is 2.20. The quantitative estimate of drug-likeness (QED) is 0.589. The van der Waals surface area contributed by atoms with E-state index in [1.165, 1.54) is 0 Å². The van der Waals surface area contributed by atoms with Crippen molar-refractivity contribution in [2.75, 3.05) is 6.54 Å². The van der Waals surface area contributed by atoms with Gasteiger partial charge in [0.15, 0.2) is 5.78 Å². The molecule has 2 heteroatoms. The lowest BCUT2D eigenvalue weighted by Gasteiger charge is -2.04. The van der Waals surface area contributed by atoms with Gasteiger partial charge in [-0.05, 0) is 26.3 Å². The van der Waals surface area contributed by atoms with Crippen LogP contribution in [0.25, 0.3) is 0 Å². The minimum atomic E-state index is 0.0934. The summed E-state index contributed by atoms with van der Waals surface area (Å²) in [5.41, 5.74) is 0. The lowest BCUT2D eigenvalue weighted by atomic mass is 10.1. The maximum atomic E-state index is 11.2. The van der Waals surface area contributed by atoms with Crippen LogP contribution in [0.4, 0.5) is 0 Å². The highest BCUT2D eigenvalue weighted by Crippen LogP contribution is 2.06. The monoisotopic (exact) mass is 151 g/mol. The van der Waals surface area contributed by atoms with Gasteiger partial charge < -0.3 is 5.32 Å². The molecule has 0 aromatic rings. The van der Waals surface area contributed by atoms with Gasteiger partial charge in [0.2, 0.25) is 0 Å². The molecule has 60 valence electrons. The maximum Gasteiger partial charge on any atom is 0.161 e. The van der Waals surface area contributed by atoms with Crippen LogP contribution in [0.5, 0.6) is 0 Å². The predicted octanol–water partition coefficient (Wildman–Crippen LogP) is 0.721. The molecule has 1 heterocycles. The number of carbonyl (C=O) groups excluding carboxylic acids is 1. The molecular weight excluding hydrogens is 138 g/mol. The minimum Gasteiger partial charge on any atom is -0.307 e. The predicted molar refractivity (Wildman–Crippen MR) is 44.1 cm³/mol. The Labute approximate surface area is 67.4 Å². The molecule has 0 aromatic carbocycles. The van der Waals surface area contributed by atoms with Crippen LogP contribution in [0.15, 0.2) is 0 Å². The maximum absolute atomic E-state index is 11.2. The van der Waals surface area contributed by atoms with Gasteiger partial charge in [0.05, 0.1) is 12.5 Å². The van der Waals surface area contributed by atoms with E-state index in [1.54, 1.807) is 6.92 Å². The van der Waals surface area contributed by atoms with Gasteiger partial charge in [0, 0.05) is 0 Å².